The maximum Gasteiger partial charge on any atom is 0.138 e. The van der Waals surface area contributed by atoms with Crippen LogP contribution in [0.25, 0.3) is 5.82 Å². The summed E-state index contributed by atoms with van der Waals surface area (Å²) in [6, 6.07) is 4.33. The first-order valence-corrected chi connectivity index (χ1v) is 7.52. The van der Waals surface area contributed by atoms with Crippen LogP contribution in [0.5, 0.6) is 0 Å². The van der Waals surface area contributed by atoms with Crippen LogP contribution in [0.4, 0.5) is 0 Å². The van der Waals surface area contributed by atoms with Crippen molar-refractivity contribution in [1.82, 2.24) is 19.9 Å². The number of pyridine rings is 1. The number of nitrogens with one attached hydrogen (secondary N) is 1. The third kappa shape index (κ3) is 4.14. The Hall–Kier alpha value is -1.68. The number of hydrogen-bond acceptors (Lipinski definition) is 3. The molecule has 0 radical (unpaired) electrons. The molecular weight excluding hydrogens is 260 g/mol. The number of nitrogens with zero attached hydrogens (tertiary/aromatic N) is 3. The standard InChI is InChI=1S/C17H26N4/c1-12(2)15-9-14(11-19-17(4,5)6)10-16(20-15)21-8-7-18-13(21)3/h7-10,12,19H,11H2,1-6H3. The van der Waals surface area contributed by atoms with E-state index in [-0.39, 0.29) is 5.54 Å². The molecule has 0 unspecified atom stereocenters. The largest absolute Gasteiger partial charge is 0.308 e. The predicted molar refractivity (Wildman–Crippen MR) is 86.8 cm³/mol. The van der Waals surface area contributed by atoms with Gasteiger partial charge in [0.05, 0.1) is 0 Å². The SMILES string of the molecule is Cc1nccn1-c1cc(CNC(C)(C)C)cc(C(C)C)n1. The molecule has 2 aromatic rings. The second-order valence-electron chi connectivity index (χ2n) is 6.86. The van der Waals surface area contributed by atoms with E-state index in [2.05, 4.69) is 57.1 Å². The lowest BCUT2D eigenvalue weighted by Crippen LogP contribution is -2.35. The summed E-state index contributed by atoms with van der Waals surface area (Å²) in [6.45, 7) is 13.7. The normalized spacial score (nSPS) is 12.1. The van der Waals surface area contributed by atoms with E-state index in [1.807, 2.05) is 23.9 Å². The lowest BCUT2D eigenvalue weighted by atomic mass is 10.1. The maximum absolute atomic E-state index is 4.78. The zero-order valence-corrected chi connectivity index (χ0v) is 13.9. The summed E-state index contributed by atoms with van der Waals surface area (Å²) in [5.74, 6) is 2.31. The van der Waals surface area contributed by atoms with E-state index in [0.717, 1.165) is 23.9 Å². The van der Waals surface area contributed by atoms with Crippen molar-refractivity contribution < 1.29 is 0 Å². The fraction of sp³-hybridized carbons (Fsp3) is 0.529. The highest BCUT2D eigenvalue weighted by Crippen LogP contribution is 2.18. The van der Waals surface area contributed by atoms with Gasteiger partial charge in [0.1, 0.15) is 11.6 Å². The average Bonchev–Trinajstić information content (AvgIpc) is 2.81. The van der Waals surface area contributed by atoms with E-state index in [1.165, 1.54) is 5.56 Å². The minimum atomic E-state index is 0.104. The third-order valence-electron chi connectivity index (χ3n) is 3.38. The molecule has 0 atom stereocenters. The summed E-state index contributed by atoms with van der Waals surface area (Å²) in [4.78, 5) is 9.07. The van der Waals surface area contributed by atoms with Crippen molar-refractivity contribution in [3.8, 4) is 5.82 Å². The zero-order chi connectivity index (χ0) is 15.6. The van der Waals surface area contributed by atoms with Crippen molar-refractivity contribution in [2.75, 3.05) is 0 Å². The molecule has 2 aromatic heterocycles. The van der Waals surface area contributed by atoms with E-state index >= 15 is 0 Å². The Morgan fingerprint density at radius 1 is 1.24 bits per heavy atom. The van der Waals surface area contributed by atoms with E-state index in [1.54, 1.807) is 0 Å². The molecule has 21 heavy (non-hydrogen) atoms. The lowest BCUT2D eigenvalue weighted by molar-refractivity contribution is 0.424. The molecule has 0 fully saturated rings. The molecule has 0 aliphatic carbocycles. The van der Waals surface area contributed by atoms with Crippen LogP contribution >= 0.6 is 0 Å². The Morgan fingerprint density at radius 2 is 1.95 bits per heavy atom. The average molecular weight is 286 g/mol. The fourth-order valence-electron chi connectivity index (χ4n) is 2.10. The first kappa shape index (κ1) is 15.7. The van der Waals surface area contributed by atoms with Gasteiger partial charge in [-0.25, -0.2) is 9.97 Å². The number of hydrogen-bond donors (Lipinski definition) is 1. The molecule has 2 rings (SSSR count). The third-order valence-corrected chi connectivity index (χ3v) is 3.38. The Kier molecular flexibility index (Phi) is 4.47. The molecule has 4 nitrogen and oxygen atoms in total. The van der Waals surface area contributed by atoms with Crippen molar-refractivity contribution >= 4 is 0 Å². The van der Waals surface area contributed by atoms with Gasteiger partial charge in [-0.2, -0.15) is 0 Å². The number of rotatable bonds is 4. The maximum atomic E-state index is 4.78. The molecule has 0 amide bonds. The van der Waals surface area contributed by atoms with Crippen molar-refractivity contribution in [2.24, 2.45) is 0 Å². The van der Waals surface area contributed by atoms with Gasteiger partial charge in [0.2, 0.25) is 0 Å². The minimum absolute atomic E-state index is 0.104. The summed E-state index contributed by atoms with van der Waals surface area (Å²) in [5.41, 5.74) is 2.48. The van der Waals surface area contributed by atoms with Crippen molar-refractivity contribution in [3.63, 3.8) is 0 Å². The Morgan fingerprint density at radius 3 is 2.48 bits per heavy atom. The quantitative estimate of drug-likeness (QED) is 0.934. The van der Waals surface area contributed by atoms with Gasteiger partial charge in [-0.3, -0.25) is 4.57 Å². The lowest BCUT2D eigenvalue weighted by Gasteiger charge is -2.21. The highest BCUT2D eigenvalue weighted by molar-refractivity contribution is 5.33. The van der Waals surface area contributed by atoms with Gasteiger partial charge in [0.15, 0.2) is 0 Å². The number of imidazole rings is 1. The van der Waals surface area contributed by atoms with Crippen LogP contribution in [0.3, 0.4) is 0 Å². The van der Waals surface area contributed by atoms with E-state index in [4.69, 9.17) is 4.98 Å². The van der Waals surface area contributed by atoms with E-state index in [0.29, 0.717) is 5.92 Å². The highest BCUT2D eigenvalue weighted by Gasteiger charge is 2.12. The first-order valence-electron chi connectivity index (χ1n) is 7.52. The molecule has 0 saturated carbocycles. The van der Waals surface area contributed by atoms with Gasteiger partial charge in [0.25, 0.3) is 0 Å². The molecule has 0 bridgehead atoms. The van der Waals surface area contributed by atoms with Crippen LogP contribution in [-0.4, -0.2) is 20.1 Å². The Balaban J connectivity index is 2.37. The van der Waals surface area contributed by atoms with Gasteiger partial charge < -0.3 is 5.32 Å². The van der Waals surface area contributed by atoms with Crippen LogP contribution in [0.1, 0.15) is 57.6 Å². The smallest absolute Gasteiger partial charge is 0.138 e. The predicted octanol–water partition coefficient (Wildman–Crippen LogP) is 3.59. The van der Waals surface area contributed by atoms with E-state index < -0.39 is 0 Å². The summed E-state index contributed by atoms with van der Waals surface area (Å²) in [5, 5.41) is 3.54. The van der Waals surface area contributed by atoms with Crippen LogP contribution in [0.2, 0.25) is 0 Å². The number of aromatic nitrogens is 3. The summed E-state index contributed by atoms with van der Waals surface area (Å²) in [6.07, 6.45) is 3.77. The molecule has 0 saturated heterocycles. The van der Waals surface area contributed by atoms with Crippen molar-refractivity contribution in [2.45, 2.75) is 59.5 Å². The Labute approximate surface area is 127 Å². The van der Waals surface area contributed by atoms with Crippen LogP contribution in [0, 0.1) is 6.92 Å². The monoisotopic (exact) mass is 286 g/mol. The van der Waals surface area contributed by atoms with Crippen molar-refractivity contribution in [3.05, 3.63) is 41.6 Å². The van der Waals surface area contributed by atoms with Gasteiger partial charge >= 0.3 is 0 Å². The van der Waals surface area contributed by atoms with Crippen molar-refractivity contribution in [1.29, 1.82) is 0 Å². The molecule has 2 heterocycles. The van der Waals surface area contributed by atoms with Crippen LogP contribution in [-0.2, 0) is 6.54 Å². The zero-order valence-electron chi connectivity index (χ0n) is 13.9. The van der Waals surface area contributed by atoms with Gasteiger partial charge in [-0.15, -0.1) is 0 Å². The molecule has 4 heteroatoms. The van der Waals surface area contributed by atoms with Crippen LogP contribution in [0.15, 0.2) is 24.5 Å². The summed E-state index contributed by atoms with van der Waals surface area (Å²) in [7, 11) is 0. The molecule has 0 aromatic carbocycles. The summed E-state index contributed by atoms with van der Waals surface area (Å²) >= 11 is 0. The minimum Gasteiger partial charge on any atom is -0.308 e. The first-order chi connectivity index (χ1) is 9.76. The Bertz CT molecular complexity index is 605. The molecule has 0 aliphatic rings. The molecule has 114 valence electrons. The van der Waals surface area contributed by atoms with Gasteiger partial charge in [-0.05, 0) is 51.3 Å². The molecule has 0 spiro atoms. The highest BCUT2D eigenvalue weighted by atomic mass is 15.1. The molecule has 0 aliphatic heterocycles. The molecule has 1 N–H and O–H groups in total. The van der Waals surface area contributed by atoms with E-state index in [9.17, 15) is 0 Å². The topological polar surface area (TPSA) is 42.7 Å². The number of aryl methyl sites for hydroxylation is 1. The van der Waals surface area contributed by atoms with Gasteiger partial charge in [-0.1, -0.05) is 13.8 Å². The molecular formula is C17H26N4. The van der Waals surface area contributed by atoms with Gasteiger partial charge in [0, 0.05) is 30.2 Å². The fourth-order valence-corrected chi connectivity index (χ4v) is 2.10. The van der Waals surface area contributed by atoms with Crippen LogP contribution < -0.4 is 5.32 Å². The second-order valence-corrected chi connectivity index (χ2v) is 6.86. The second kappa shape index (κ2) is 5.98. The summed E-state index contributed by atoms with van der Waals surface area (Å²) < 4.78 is 2.03.